The molecule has 60 heavy (non-hydrogen) atoms. The van der Waals surface area contributed by atoms with Crippen LogP contribution in [-0.4, -0.2) is 98.3 Å². The standard InChI is InChI=1S/C46H83O13P/c1-3-5-7-9-11-13-15-17-19-21-22-24-26-28-30-32-34-39(47)56-36-38(37-57-60(54,55)59-46-44(52)42(50)41(49)43(51)45(46)53)58-40(48)35-33-31-29-27-25-23-20-18-16-14-12-10-8-6-4-2/h12,14,18-21,38,41-46,49-53H,3-11,13,15-17,22-37H2,1-2H3,(H,54,55)/b14-12-,20-18-,21-19-. The Bertz CT molecular complexity index is 1190. The first kappa shape index (κ1) is 56.1. The van der Waals surface area contributed by atoms with Gasteiger partial charge < -0.3 is 39.9 Å². The van der Waals surface area contributed by atoms with Crippen molar-refractivity contribution < 1.29 is 63.1 Å². The molecule has 0 radical (unpaired) electrons. The largest absolute Gasteiger partial charge is 0.472 e. The molecule has 13 nitrogen and oxygen atoms in total. The Kier molecular flexibility index (Phi) is 34.2. The van der Waals surface area contributed by atoms with Crippen LogP contribution in [0.4, 0.5) is 0 Å². The van der Waals surface area contributed by atoms with Gasteiger partial charge in [-0.2, -0.15) is 0 Å². The van der Waals surface area contributed by atoms with Crippen LogP contribution < -0.4 is 0 Å². The summed E-state index contributed by atoms with van der Waals surface area (Å²) in [4.78, 5) is 35.7. The lowest BCUT2D eigenvalue weighted by atomic mass is 9.85. The maximum atomic E-state index is 12.8. The highest BCUT2D eigenvalue weighted by atomic mass is 31.2. The molecule has 0 saturated heterocycles. The third-order valence-corrected chi connectivity index (χ3v) is 11.7. The Morgan fingerprint density at radius 2 is 0.900 bits per heavy atom. The third kappa shape index (κ3) is 28.6. The lowest BCUT2D eigenvalue weighted by Crippen LogP contribution is -2.64. The third-order valence-electron chi connectivity index (χ3n) is 10.7. The number of unbranched alkanes of at least 4 members (excludes halogenated alkanes) is 20. The van der Waals surface area contributed by atoms with Crippen molar-refractivity contribution in [3.05, 3.63) is 36.5 Å². The summed E-state index contributed by atoms with van der Waals surface area (Å²) < 4.78 is 33.5. The van der Waals surface area contributed by atoms with Gasteiger partial charge in [0.1, 0.15) is 43.2 Å². The zero-order chi connectivity index (χ0) is 44.3. The highest BCUT2D eigenvalue weighted by molar-refractivity contribution is 7.47. The van der Waals surface area contributed by atoms with Crippen molar-refractivity contribution in [2.75, 3.05) is 13.2 Å². The highest BCUT2D eigenvalue weighted by Crippen LogP contribution is 2.47. The van der Waals surface area contributed by atoms with Crippen LogP contribution in [0.2, 0.25) is 0 Å². The minimum Gasteiger partial charge on any atom is -0.462 e. The Labute approximate surface area is 361 Å². The Hall–Kier alpha value is -1.93. The number of phosphoric acid groups is 1. The molecule has 0 heterocycles. The molecule has 6 unspecified atom stereocenters. The monoisotopic (exact) mass is 875 g/mol. The summed E-state index contributed by atoms with van der Waals surface area (Å²) in [6.07, 6.45) is 27.7. The number of carbonyl (C=O) groups is 2. The van der Waals surface area contributed by atoms with Gasteiger partial charge in [-0.3, -0.25) is 18.6 Å². The van der Waals surface area contributed by atoms with Crippen LogP contribution in [0.15, 0.2) is 36.5 Å². The van der Waals surface area contributed by atoms with Gasteiger partial charge in [0.25, 0.3) is 0 Å². The number of ether oxygens (including phenoxy) is 2. The van der Waals surface area contributed by atoms with Gasteiger partial charge in [-0.25, -0.2) is 4.57 Å². The maximum Gasteiger partial charge on any atom is 0.472 e. The number of aliphatic hydroxyl groups excluding tert-OH is 5. The van der Waals surface area contributed by atoms with Gasteiger partial charge in [0.2, 0.25) is 0 Å². The summed E-state index contributed by atoms with van der Waals surface area (Å²) in [5.41, 5.74) is 0. The van der Waals surface area contributed by atoms with Gasteiger partial charge in [-0.1, -0.05) is 140 Å². The first-order valence-corrected chi connectivity index (χ1v) is 24.8. The van der Waals surface area contributed by atoms with Crippen LogP contribution in [0.1, 0.15) is 187 Å². The molecule has 0 aromatic carbocycles. The van der Waals surface area contributed by atoms with E-state index in [1.54, 1.807) is 0 Å². The summed E-state index contributed by atoms with van der Waals surface area (Å²) in [5, 5.41) is 50.1. The Balaban J connectivity index is 2.47. The molecule has 0 spiro atoms. The summed E-state index contributed by atoms with van der Waals surface area (Å²) in [5.74, 6) is -1.12. The molecule has 0 aliphatic heterocycles. The molecule has 1 aliphatic rings. The van der Waals surface area contributed by atoms with E-state index in [1.807, 2.05) is 0 Å². The number of rotatable bonds is 38. The van der Waals surface area contributed by atoms with E-state index in [0.29, 0.717) is 12.8 Å². The Morgan fingerprint density at radius 3 is 1.40 bits per heavy atom. The molecule has 0 aromatic rings. The minimum atomic E-state index is -5.12. The van der Waals surface area contributed by atoms with Gasteiger partial charge in [0, 0.05) is 12.8 Å². The molecule has 0 amide bonds. The zero-order valence-corrected chi connectivity index (χ0v) is 37.9. The van der Waals surface area contributed by atoms with E-state index in [4.69, 9.17) is 18.5 Å². The van der Waals surface area contributed by atoms with E-state index in [0.717, 1.165) is 83.5 Å². The lowest BCUT2D eigenvalue weighted by Gasteiger charge is -2.41. The number of phosphoric ester groups is 1. The van der Waals surface area contributed by atoms with Crippen molar-refractivity contribution in [1.82, 2.24) is 0 Å². The van der Waals surface area contributed by atoms with Crippen molar-refractivity contribution in [3.8, 4) is 0 Å². The maximum absolute atomic E-state index is 12.8. The van der Waals surface area contributed by atoms with Crippen LogP contribution in [-0.2, 0) is 32.7 Å². The van der Waals surface area contributed by atoms with E-state index >= 15 is 0 Å². The first-order chi connectivity index (χ1) is 28.9. The number of aliphatic hydroxyl groups is 5. The van der Waals surface area contributed by atoms with Gasteiger partial charge >= 0.3 is 19.8 Å². The molecule has 350 valence electrons. The fraction of sp³-hybridized carbons (Fsp3) is 0.826. The molecular formula is C46H83O13P. The predicted molar refractivity (Wildman–Crippen MR) is 235 cm³/mol. The number of hydrogen-bond acceptors (Lipinski definition) is 12. The van der Waals surface area contributed by atoms with Crippen LogP contribution in [0.5, 0.6) is 0 Å². The zero-order valence-electron chi connectivity index (χ0n) is 37.0. The normalized spacial score (nSPS) is 22.5. The van der Waals surface area contributed by atoms with Gasteiger partial charge in [-0.05, 0) is 70.6 Å². The highest BCUT2D eigenvalue weighted by Gasteiger charge is 2.51. The van der Waals surface area contributed by atoms with Gasteiger partial charge in [0.15, 0.2) is 6.10 Å². The van der Waals surface area contributed by atoms with Crippen molar-refractivity contribution in [2.45, 2.75) is 230 Å². The molecule has 1 rings (SSSR count). The molecule has 6 atom stereocenters. The molecule has 6 N–H and O–H groups in total. The SMILES string of the molecule is CCCCC/C=C\C/C=C\CCCCCCCC(=O)OC(COC(=O)CCCCCCC/C=C\CCCCCCCCC)COP(=O)(O)OC1C(O)C(O)C(O)C(O)C1O. The molecule has 0 aromatic heterocycles. The lowest BCUT2D eigenvalue weighted by molar-refractivity contribution is -0.220. The van der Waals surface area contributed by atoms with Crippen LogP contribution in [0, 0.1) is 0 Å². The minimum absolute atomic E-state index is 0.0791. The van der Waals surface area contributed by atoms with Crippen LogP contribution in [0.25, 0.3) is 0 Å². The average molecular weight is 875 g/mol. The second-order valence-corrected chi connectivity index (χ2v) is 17.7. The first-order valence-electron chi connectivity index (χ1n) is 23.3. The van der Waals surface area contributed by atoms with Crippen molar-refractivity contribution in [2.24, 2.45) is 0 Å². The van der Waals surface area contributed by atoms with E-state index in [2.05, 4.69) is 50.3 Å². The smallest absolute Gasteiger partial charge is 0.462 e. The van der Waals surface area contributed by atoms with E-state index in [1.165, 1.54) is 64.2 Å². The van der Waals surface area contributed by atoms with Crippen LogP contribution in [0.3, 0.4) is 0 Å². The topological polar surface area (TPSA) is 210 Å². The molecule has 1 fully saturated rings. The second-order valence-electron chi connectivity index (χ2n) is 16.3. The fourth-order valence-electron chi connectivity index (χ4n) is 6.90. The van der Waals surface area contributed by atoms with E-state index < -0.39 is 75.7 Å². The van der Waals surface area contributed by atoms with Crippen molar-refractivity contribution in [3.63, 3.8) is 0 Å². The number of allylic oxidation sites excluding steroid dienone is 6. The summed E-state index contributed by atoms with van der Waals surface area (Å²) in [7, 11) is -5.12. The molecule has 0 bridgehead atoms. The molecule has 1 saturated carbocycles. The second kappa shape index (κ2) is 36.5. The van der Waals surface area contributed by atoms with Crippen LogP contribution >= 0.6 is 7.82 Å². The number of carbonyl (C=O) groups excluding carboxylic acids is 2. The molecule has 1 aliphatic carbocycles. The summed E-state index contributed by atoms with van der Waals surface area (Å²) in [6.45, 7) is 3.25. The van der Waals surface area contributed by atoms with Crippen molar-refractivity contribution >= 4 is 19.8 Å². The quantitative estimate of drug-likeness (QED) is 0.0148. The molecule has 14 heteroatoms. The summed E-state index contributed by atoms with van der Waals surface area (Å²) in [6, 6.07) is 0. The number of hydrogen-bond donors (Lipinski definition) is 6. The van der Waals surface area contributed by atoms with E-state index in [-0.39, 0.29) is 12.8 Å². The summed E-state index contributed by atoms with van der Waals surface area (Å²) >= 11 is 0. The Morgan fingerprint density at radius 1 is 0.517 bits per heavy atom. The molecular weight excluding hydrogens is 791 g/mol. The van der Waals surface area contributed by atoms with Gasteiger partial charge in [-0.15, -0.1) is 0 Å². The van der Waals surface area contributed by atoms with E-state index in [9.17, 15) is 44.6 Å². The van der Waals surface area contributed by atoms with Gasteiger partial charge in [0.05, 0.1) is 6.61 Å². The average Bonchev–Trinajstić information content (AvgIpc) is 3.23. The number of esters is 2. The van der Waals surface area contributed by atoms with Crippen molar-refractivity contribution in [1.29, 1.82) is 0 Å². The predicted octanol–water partition coefficient (Wildman–Crippen LogP) is 9.00. The fourth-order valence-corrected chi connectivity index (χ4v) is 7.87.